The van der Waals surface area contributed by atoms with Gasteiger partial charge in [0.05, 0.1) is 21.4 Å². The zero-order valence-electron chi connectivity index (χ0n) is 11.6. The minimum absolute atomic E-state index is 0.225. The van der Waals surface area contributed by atoms with Gasteiger partial charge in [0.1, 0.15) is 0 Å². The van der Waals surface area contributed by atoms with Crippen LogP contribution in [0.1, 0.15) is 31.1 Å². The Balaban J connectivity index is 1.62. The van der Waals surface area contributed by atoms with Crippen molar-refractivity contribution in [1.29, 1.82) is 0 Å². The third-order valence-corrected chi connectivity index (χ3v) is 4.28. The first-order valence-corrected chi connectivity index (χ1v) is 7.47. The molecular weight excluding hydrogens is 316 g/mol. The maximum absolute atomic E-state index is 12.2. The smallest absolute Gasteiger partial charge is 0.324 e. The molecule has 0 fully saturated rings. The molecule has 0 aliphatic carbocycles. The van der Waals surface area contributed by atoms with Crippen molar-refractivity contribution in [2.75, 3.05) is 0 Å². The van der Waals surface area contributed by atoms with Crippen LogP contribution in [0.4, 0.5) is 0 Å². The van der Waals surface area contributed by atoms with Crippen molar-refractivity contribution in [3.05, 3.63) is 65.4 Å². The maximum atomic E-state index is 12.2. The van der Waals surface area contributed by atoms with Gasteiger partial charge in [-0.3, -0.25) is 9.59 Å². The molecule has 0 saturated heterocycles. The fraction of sp³-hybridized carbons (Fsp3) is 0. The number of carbonyl (C=O) groups is 3. The van der Waals surface area contributed by atoms with Crippen molar-refractivity contribution in [3.8, 4) is 0 Å². The molecule has 0 unspecified atom stereocenters. The SMILES string of the molecule is O=C(ON1C(=O)c2ccccc2C1=O)c1ccc2cnsc2c1. The van der Waals surface area contributed by atoms with E-state index in [9.17, 15) is 14.4 Å². The zero-order chi connectivity index (χ0) is 16.0. The first kappa shape index (κ1) is 13.6. The lowest BCUT2D eigenvalue weighted by Gasteiger charge is -2.12. The molecule has 2 heterocycles. The van der Waals surface area contributed by atoms with Gasteiger partial charge >= 0.3 is 5.97 Å². The summed E-state index contributed by atoms with van der Waals surface area (Å²) >= 11 is 1.25. The second-order valence-electron chi connectivity index (χ2n) is 4.91. The summed E-state index contributed by atoms with van der Waals surface area (Å²) in [5.74, 6) is -2.05. The predicted molar refractivity (Wildman–Crippen MR) is 82.0 cm³/mol. The third-order valence-electron chi connectivity index (χ3n) is 3.52. The third kappa shape index (κ3) is 2.09. The normalized spacial score (nSPS) is 13.5. The van der Waals surface area contributed by atoms with E-state index < -0.39 is 17.8 Å². The molecular formula is C16H8N2O4S. The molecule has 7 heteroatoms. The van der Waals surface area contributed by atoms with Crippen LogP contribution in [-0.4, -0.2) is 27.2 Å². The van der Waals surface area contributed by atoms with Crippen molar-refractivity contribution in [1.82, 2.24) is 9.44 Å². The first-order chi connectivity index (χ1) is 11.1. The number of amides is 2. The molecule has 6 nitrogen and oxygen atoms in total. The van der Waals surface area contributed by atoms with Gasteiger partial charge in [-0.05, 0) is 35.8 Å². The Hall–Kier alpha value is -3.06. The van der Waals surface area contributed by atoms with E-state index in [-0.39, 0.29) is 16.7 Å². The molecule has 0 spiro atoms. The molecule has 0 atom stereocenters. The number of carbonyl (C=O) groups excluding carboxylic acids is 3. The van der Waals surface area contributed by atoms with Gasteiger partial charge in [0.15, 0.2) is 0 Å². The summed E-state index contributed by atoms with van der Waals surface area (Å²) in [7, 11) is 0. The Bertz CT molecular complexity index is 944. The van der Waals surface area contributed by atoms with Crippen LogP contribution in [-0.2, 0) is 4.84 Å². The van der Waals surface area contributed by atoms with Crippen molar-refractivity contribution < 1.29 is 19.2 Å². The van der Waals surface area contributed by atoms with E-state index in [1.54, 1.807) is 36.5 Å². The summed E-state index contributed by atoms with van der Waals surface area (Å²) in [4.78, 5) is 41.6. The van der Waals surface area contributed by atoms with Crippen LogP contribution in [0.15, 0.2) is 48.7 Å². The van der Waals surface area contributed by atoms with Crippen LogP contribution in [0.3, 0.4) is 0 Å². The van der Waals surface area contributed by atoms with Crippen LogP contribution < -0.4 is 0 Å². The maximum Gasteiger partial charge on any atom is 0.363 e. The van der Waals surface area contributed by atoms with E-state index in [1.165, 1.54) is 23.7 Å². The standard InChI is InChI=1S/C16H8N2O4S/c19-14-11-3-1-2-4-12(11)15(20)18(14)22-16(21)9-5-6-10-8-17-23-13(10)7-9/h1-8H. The topological polar surface area (TPSA) is 76.6 Å². The summed E-state index contributed by atoms with van der Waals surface area (Å²) in [6.07, 6.45) is 1.69. The van der Waals surface area contributed by atoms with Crippen molar-refractivity contribution in [2.24, 2.45) is 0 Å². The van der Waals surface area contributed by atoms with Crippen molar-refractivity contribution in [2.45, 2.75) is 0 Å². The highest BCUT2D eigenvalue weighted by molar-refractivity contribution is 7.13. The average Bonchev–Trinajstić information content (AvgIpc) is 3.13. The monoisotopic (exact) mass is 324 g/mol. The van der Waals surface area contributed by atoms with Crippen molar-refractivity contribution in [3.63, 3.8) is 0 Å². The molecule has 2 amide bonds. The minimum atomic E-state index is -0.769. The van der Waals surface area contributed by atoms with Crippen LogP contribution in [0, 0.1) is 0 Å². The molecule has 1 aromatic heterocycles. The molecule has 0 N–H and O–H groups in total. The molecule has 112 valence electrons. The van der Waals surface area contributed by atoms with E-state index in [1.807, 2.05) is 0 Å². The van der Waals surface area contributed by atoms with Crippen LogP contribution >= 0.6 is 11.5 Å². The highest BCUT2D eigenvalue weighted by atomic mass is 32.1. The Kier molecular flexibility index (Phi) is 2.95. The number of hydrogen-bond acceptors (Lipinski definition) is 6. The fourth-order valence-corrected chi connectivity index (χ4v) is 3.06. The number of hydroxylamine groups is 2. The highest BCUT2D eigenvalue weighted by Crippen LogP contribution is 2.24. The lowest BCUT2D eigenvalue weighted by molar-refractivity contribution is -0.0584. The van der Waals surface area contributed by atoms with Crippen LogP contribution in [0.5, 0.6) is 0 Å². The summed E-state index contributed by atoms with van der Waals surface area (Å²) in [6.45, 7) is 0. The van der Waals surface area contributed by atoms with Gasteiger partial charge < -0.3 is 4.84 Å². The van der Waals surface area contributed by atoms with Crippen molar-refractivity contribution >= 4 is 39.4 Å². The highest BCUT2D eigenvalue weighted by Gasteiger charge is 2.38. The molecule has 0 saturated carbocycles. The van der Waals surface area contributed by atoms with E-state index in [0.29, 0.717) is 5.06 Å². The Morgan fingerprint density at radius 1 is 1.04 bits per heavy atom. The van der Waals surface area contributed by atoms with Gasteiger partial charge in [0.2, 0.25) is 0 Å². The fourth-order valence-electron chi connectivity index (χ4n) is 2.37. The van der Waals surface area contributed by atoms with E-state index >= 15 is 0 Å². The number of benzene rings is 2. The second kappa shape index (κ2) is 4.99. The Morgan fingerprint density at radius 2 is 1.74 bits per heavy atom. The minimum Gasteiger partial charge on any atom is -0.324 e. The quantitative estimate of drug-likeness (QED) is 0.677. The van der Waals surface area contributed by atoms with E-state index in [4.69, 9.17) is 4.84 Å². The largest absolute Gasteiger partial charge is 0.363 e. The Morgan fingerprint density at radius 3 is 2.43 bits per heavy atom. The summed E-state index contributed by atoms with van der Waals surface area (Å²) in [5.41, 5.74) is 0.699. The predicted octanol–water partition coefficient (Wildman–Crippen LogP) is 2.66. The van der Waals surface area contributed by atoms with E-state index in [2.05, 4.69) is 4.37 Å². The number of rotatable bonds is 2. The zero-order valence-corrected chi connectivity index (χ0v) is 12.4. The number of nitrogens with zero attached hydrogens (tertiary/aromatic N) is 2. The molecule has 4 rings (SSSR count). The molecule has 23 heavy (non-hydrogen) atoms. The number of hydrogen-bond donors (Lipinski definition) is 0. The molecule has 0 radical (unpaired) electrons. The van der Waals surface area contributed by atoms with Gasteiger partial charge in [-0.1, -0.05) is 23.3 Å². The Labute approximate surface area is 134 Å². The second-order valence-corrected chi connectivity index (χ2v) is 5.74. The summed E-state index contributed by atoms with van der Waals surface area (Å²) in [5, 5.41) is 1.41. The number of fused-ring (bicyclic) bond motifs is 2. The molecule has 2 aromatic carbocycles. The van der Waals surface area contributed by atoms with Gasteiger partial charge in [-0.25, -0.2) is 4.79 Å². The molecule has 0 bridgehead atoms. The lowest BCUT2D eigenvalue weighted by Crippen LogP contribution is -2.32. The summed E-state index contributed by atoms with van der Waals surface area (Å²) in [6, 6.07) is 11.3. The lowest BCUT2D eigenvalue weighted by atomic mass is 10.1. The molecule has 3 aromatic rings. The van der Waals surface area contributed by atoms with Gasteiger partial charge in [-0.2, -0.15) is 4.37 Å². The van der Waals surface area contributed by atoms with Gasteiger partial charge in [0.25, 0.3) is 11.8 Å². The van der Waals surface area contributed by atoms with Crippen LogP contribution in [0.25, 0.3) is 10.1 Å². The summed E-state index contributed by atoms with van der Waals surface area (Å²) < 4.78 is 4.85. The number of aromatic nitrogens is 1. The van der Waals surface area contributed by atoms with Gasteiger partial charge in [-0.15, -0.1) is 0 Å². The molecule has 1 aliphatic rings. The first-order valence-electron chi connectivity index (χ1n) is 6.70. The van der Waals surface area contributed by atoms with Gasteiger partial charge in [0, 0.05) is 11.6 Å². The number of imide groups is 1. The average molecular weight is 324 g/mol. The van der Waals surface area contributed by atoms with E-state index in [0.717, 1.165) is 10.1 Å². The van der Waals surface area contributed by atoms with Crippen LogP contribution in [0.2, 0.25) is 0 Å². The molecule has 1 aliphatic heterocycles.